The number of alkyl halides is 1. The van der Waals surface area contributed by atoms with Crippen LogP contribution < -0.4 is 0 Å². The fraction of sp³-hybridized carbons (Fsp3) is 0.400. The summed E-state index contributed by atoms with van der Waals surface area (Å²) in [7, 11) is 0. The highest BCUT2D eigenvalue weighted by molar-refractivity contribution is 7.10. The third-order valence-electron chi connectivity index (χ3n) is 2.99. The highest BCUT2D eigenvalue weighted by Gasteiger charge is 2.14. The largest absolute Gasteiger partial charge is 0.244 e. The Morgan fingerprint density at radius 2 is 1.83 bits per heavy atom. The summed E-state index contributed by atoms with van der Waals surface area (Å²) in [4.78, 5) is 5.73. The molecule has 0 atom stereocenters. The van der Waals surface area contributed by atoms with Crippen molar-refractivity contribution in [3.63, 3.8) is 0 Å². The lowest BCUT2D eigenvalue weighted by Crippen LogP contribution is -2.10. The minimum Gasteiger partial charge on any atom is -0.244 e. The van der Waals surface area contributed by atoms with E-state index in [-0.39, 0.29) is 5.41 Å². The maximum Gasteiger partial charge on any atom is 0.0843 e. The van der Waals surface area contributed by atoms with E-state index in [1.165, 1.54) is 16.0 Å². The second kappa shape index (κ2) is 5.41. The van der Waals surface area contributed by atoms with Gasteiger partial charge in [0.1, 0.15) is 0 Å². The Morgan fingerprint density at radius 1 is 1.17 bits per heavy atom. The van der Waals surface area contributed by atoms with Crippen LogP contribution in [0.5, 0.6) is 0 Å². The van der Waals surface area contributed by atoms with E-state index < -0.39 is 0 Å². The molecule has 0 saturated heterocycles. The highest BCUT2D eigenvalue weighted by atomic mass is 35.5. The normalized spacial score (nSPS) is 11.8. The van der Waals surface area contributed by atoms with Crippen molar-refractivity contribution in [2.45, 2.75) is 32.6 Å². The van der Waals surface area contributed by atoms with Gasteiger partial charge >= 0.3 is 0 Å². The van der Waals surface area contributed by atoms with Gasteiger partial charge in [-0.15, -0.1) is 22.9 Å². The molecule has 0 aliphatic heterocycles. The summed E-state index contributed by atoms with van der Waals surface area (Å²) in [6.07, 6.45) is 0.891. The number of aryl methyl sites for hydroxylation is 1. The van der Waals surface area contributed by atoms with Crippen LogP contribution in [0.2, 0.25) is 0 Å². The monoisotopic (exact) mass is 279 g/mol. The molecule has 0 unspecified atom stereocenters. The molecule has 1 aromatic heterocycles. The highest BCUT2D eigenvalue weighted by Crippen LogP contribution is 2.29. The fourth-order valence-electron chi connectivity index (χ4n) is 1.90. The van der Waals surface area contributed by atoms with Gasteiger partial charge in [0.2, 0.25) is 0 Å². The number of aromatic nitrogens is 1. The molecule has 0 N–H and O–H groups in total. The molecular formula is C15H18ClNS. The lowest BCUT2D eigenvalue weighted by molar-refractivity contribution is 0.590. The Hall–Kier alpha value is -0.860. The molecule has 0 fully saturated rings. The van der Waals surface area contributed by atoms with E-state index in [2.05, 4.69) is 50.0 Å². The molecule has 0 saturated carbocycles. The number of rotatable bonds is 3. The zero-order valence-corrected chi connectivity index (χ0v) is 12.6. The molecule has 18 heavy (non-hydrogen) atoms. The van der Waals surface area contributed by atoms with Crippen LogP contribution in [0.3, 0.4) is 0 Å². The molecule has 1 nitrogen and oxygen atoms in total. The summed E-state index contributed by atoms with van der Waals surface area (Å²) < 4.78 is 0. The summed E-state index contributed by atoms with van der Waals surface area (Å²) in [6, 6.07) is 8.71. The number of nitrogens with zero attached hydrogens (tertiary/aromatic N) is 1. The van der Waals surface area contributed by atoms with E-state index >= 15 is 0 Å². The molecule has 0 radical (unpaired) electrons. The van der Waals surface area contributed by atoms with Crippen LogP contribution in [0.25, 0.3) is 11.3 Å². The second-order valence-electron chi connectivity index (χ2n) is 5.39. The zero-order valence-electron chi connectivity index (χ0n) is 11.0. The van der Waals surface area contributed by atoms with Crippen LogP contribution in [0, 0.1) is 0 Å². The van der Waals surface area contributed by atoms with Crippen molar-refractivity contribution in [1.82, 2.24) is 4.98 Å². The van der Waals surface area contributed by atoms with E-state index in [0.29, 0.717) is 5.88 Å². The first kappa shape index (κ1) is 13.6. The van der Waals surface area contributed by atoms with Crippen LogP contribution in [0.1, 0.15) is 31.2 Å². The second-order valence-corrected chi connectivity index (χ2v) is 6.71. The number of halogens is 1. The molecule has 1 heterocycles. The Balaban J connectivity index is 2.32. The van der Waals surface area contributed by atoms with Crippen LogP contribution in [0.15, 0.2) is 29.8 Å². The maximum absolute atomic E-state index is 5.82. The van der Waals surface area contributed by atoms with Gasteiger partial charge < -0.3 is 0 Å². The van der Waals surface area contributed by atoms with Gasteiger partial charge in [0, 0.05) is 16.3 Å². The Kier molecular flexibility index (Phi) is 4.08. The third-order valence-corrected chi connectivity index (χ3v) is 4.07. The number of hydrogen-bond donors (Lipinski definition) is 0. The molecule has 1 aromatic carbocycles. The van der Waals surface area contributed by atoms with Gasteiger partial charge in [0.25, 0.3) is 0 Å². The van der Waals surface area contributed by atoms with Gasteiger partial charge in [0.15, 0.2) is 0 Å². The smallest absolute Gasteiger partial charge is 0.0843 e. The van der Waals surface area contributed by atoms with Gasteiger partial charge in [-0.3, -0.25) is 0 Å². The fourth-order valence-corrected chi connectivity index (χ4v) is 2.99. The SMILES string of the molecule is CC(C)(C)c1ccc(-c2ncsc2CCCl)cc1. The minimum atomic E-state index is 0.194. The number of benzene rings is 1. The molecule has 3 heteroatoms. The van der Waals surface area contributed by atoms with Crippen molar-refractivity contribution in [3.8, 4) is 11.3 Å². The Labute approximate surface area is 118 Å². The lowest BCUT2D eigenvalue weighted by atomic mass is 9.86. The third kappa shape index (κ3) is 2.93. The van der Waals surface area contributed by atoms with Crippen molar-refractivity contribution in [1.29, 1.82) is 0 Å². The predicted molar refractivity (Wildman–Crippen MR) is 80.7 cm³/mol. The predicted octanol–water partition coefficient (Wildman–Crippen LogP) is 4.89. The zero-order chi connectivity index (χ0) is 13.2. The minimum absolute atomic E-state index is 0.194. The molecule has 0 spiro atoms. The first-order valence-corrected chi connectivity index (χ1v) is 7.53. The van der Waals surface area contributed by atoms with Crippen molar-refractivity contribution >= 4 is 22.9 Å². The van der Waals surface area contributed by atoms with Crippen LogP contribution in [-0.2, 0) is 11.8 Å². The molecule has 0 bridgehead atoms. The van der Waals surface area contributed by atoms with Gasteiger partial charge in [0.05, 0.1) is 11.2 Å². The van der Waals surface area contributed by atoms with E-state index in [4.69, 9.17) is 11.6 Å². The quantitative estimate of drug-likeness (QED) is 0.729. The van der Waals surface area contributed by atoms with Crippen molar-refractivity contribution in [3.05, 3.63) is 40.2 Å². The molecule has 0 aliphatic carbocycles. The lowest BCUT2D eigenvalue weighted by Gasteiger charge is -2.19. The van der Waals surface area contributed by atoms with Crippen LogP contribution in [-0.4, -0.2) is 10.9 Å². The molecule has 2 aromatic rings. The Bertz CT molecular complexity index is 508. The van der Waals surface area contributed by atoms with E-state index in [1.54, 1.807) is 11.3 Å². The van der Waals surface area contributed by atoms with E-state index in [0.717, 1.165) is 12.1 Å². The summed E-state index contributed by atoms with van der Waals surface area (Å²) in [5.41, 5.74) is 5.71. The van der Waals surface area contributed by atoms with Crippen molar-refractivity contribution in [2.24, 2.45) is 0 Å². The van der Waals surface area contributed by atoms with Gasteiger partial charge in [-0.05, 0) is 17.4 Å². The summed E-state index contributed by atoms with van der Waals surface area (Å²) in [6.45, 7) is 6.68. The summed E-state index contributed by atoms with van der Waals surface area (Å²) in [5.74, 6) is 0.648. The topological polar surface area (TPSA) is 12.9 Å². The first-order chi connectivity index (χ1) is 8.52. The Morgan fingerprint density at radius 3 is 2.39 bits per heavy atom. The first-order valence-electron chi connectivity index (χ1n) is 6.11. The average molecular weight is 280 g/mol. The van der Waals surface area contributed by atoms with Crippen LogP contribution in [0.4, 0.5) is 0 Å². The number of hydrogen-bond acceptors (Lipinski definition) is 2. The molecule has 0 aliphatic rings. The summed E-state index contributed by atoms with van der Waals surface area (Å²) in [5, 5.41) is 0. The van der Waals surface area contributed by atoms with Gasteiger partial charge in [-0.25, -0.2) is 4.98 Å². The summed E-state index contributed by atoms with van der Waals surface area (Å²) >= 11 is 7.50. The van der Waals surface area contributed by atoms with E-state index in [9.17, 15) is 0 Å². The molecule has 96 valence electrons. The average Bonchev–Trinajstić information content (AvgIpc) is 2.77. The number of thiazole rings is 1. The van der Waals surface area contributed by atoms with Gasteiger partial charge in [-0.1, -0.05) is 45.0 Å². The van der Waals surface area contributed by atoms with E-state index in [1.807, 2.05) is 5.51 Å². The molecule has 2 rings (SSSR count). The van der Waals surface area contributed by atoms with Gasteiger partial charge in [-0.2, -0.15) is 0 Å². The van der Waals surface area contributed by atoms with Crippen molar-refractivity contribution in [2.75, 3.05) is 5.88 Å². The standard InChI is InChI=1S/C15H18ClNS/c1-15(2,3)12-6-4-11(5-7-12)14-13(8-9-16)18-10-17-14/h4-7,10H,8-9H2,1-3H3. The molecule has 0 amide bonds. The molecular weight excluding hydrogens is 262 g/mol. The van der Waals surface area contributed by atoms with Crippen LogP contribution >= 0.6 is 22.9 Å². The maximum atomic E-state index is 5.82. The van der Waals surface area contributed by atoms with Crippen molar-refractivity contribution < 1.29 is 0 Å².